The highest BCUT2D eigenvalue weighted by Crippen LogP contribution is 2.15. The van der Waals surface area contributed by atoms with E-state index in [2.05, 4.69) is 15.1 Å². The summed E-state index contributed by atoms with van der Waals surface area (Å²) < 4.78 is 5.14. The maximum atomic E-state index is 5.42. The number of aryl methyl sites for hydroxylation is 1. The number of hydrogen-bond acceptors (Lipinski definition) is 6. The van der Waals surface area contributed by atoms with Crippen LogP contribution >= 0.6 is 11.3 Å². The molecule has 5 nitrogen and oxygen atoms in total. The van der Waals surface area contributed by atoms with E-state index in [4.69, 9.17) is 10.3 Å². The molecule has 16 heavy (non-hydrogen) atoms. The van der Waals surface area contributed by atoms with Crippen LogP contribution in [0.15, 0.2) is 15.4 Å². The van der Waals surface area contributed by atoms with Crippen LogP contribution in [0, 0.1) is 0 Å². The second-order valence-corrected chi connectivity index (χ2v) is 4.20. The SMILES string of the molecule is NCCCCCc1nc(-c2cscn2)no1. The molecule has 2 N–H and O–H groups in total. The van der Waals surface area contributed by atoms with E-state index in [-0.39, 0.29) is 0 Å². The molecule has 0 aliphatic carbocycles. The summed E-state index contributed by atoms with van der Waals surface area (Å²) in [5.74, 6) is 1.26. The number of aromatic nitrogens is 3. The van der Waals surface area contributed by atoms with Crippen molar-refractivity contribution in [2.45, 2.75) is 25.7 Å². The van der Waals surface area contributed by atoms with Crippen molar-refractivity contribution < 1.29 is 4.52 Å². The molecule has 0 spiro atoms. The van der Waals surface area contributed by atoms with Gasteiger partial charge >= 0.3 is 0 Å². The summed E-state index contributed by atoms with van der Waals surface area (Å²) >= 11 is 1.52. The maximum absolute atomic E-state index is 5.42. The summed E-state index contributed by atoms with van der Waals surface area (Å²) in [5.41, 5.74) is 7.95. The lowest BCUT2D eigenvalue weighted by Gasteiger charge is -1.93. The van der Waals surface area contributed by atoms with Gasteiger partial charge in [-0.05, 0) is 19.4 Å². The fourth-order valence-corrected chi connectivity index (χ4v) is 1.91. The Morgan fingerprint density at radius 2 is 2.25 bits per heavy atom. The molecule has 0 aromatic carbocycles. The van der Waals surface area contributed by atoms with Gasteiger partial charge in [0.15, 0.2) is 0 Å². The predicted octanol–water partition coefficient (Wildman–Crippen LogP) is 1.86. The van der Waals surface area contributed by atoms with E-state index in [9.17, 15) is 0 Å². The Labute approximate surface area is 97.7 Å². The lowest BCUT2D eigenvalue weighted by molar-refractivity contribution is 0.374. The van der Waals surface area contributed by atoms with Crippen molar-refractivity contribution in [1.82, 2.24) is 15.1 Å². The molecule has 2 aromatic rings. The third-order valence-electron chi connectivity index (χ3n) is 2.22. The van der Waals surface area contributed by atoms with Crippen molar-refractivity contribution in [3.8, 4) is 11.5 Å². The van der Waals surface area contributed by atoms with Gasteiger partial charge < -0.3 is 10.3 Å². The third kappa shape index (κ3) is 2.86. The van der Waals surface area contributed by atoms with E-state index in [0.29, 0.717) is 11.7 Å². The van der Waals surface area contributed by atoms with E-state index in [1.165, 1.54) is 11.3 Å². The Hall–Kier alpha value is -1.27. The average Bonchev–Trinajstić information content (AvgIpc) is 2.94. The average molecular weight is 238 g/mol. The quantitative estimate of drug-likeness (QED) is 0.777. The van der Waals surface area contributed by atoms with Gasteiger partial charge in [-0.2, -0.15) is 4.98 Å². The number of nitrogens with two attached hydrogens (primary N) is 1. The first-order valence-electron chi connectivity index (χ1n) is 5.31. The van der Waals surface area contributed by atoms with Gasteiger partial charge in [0.1, 0.15) is 5.69 Å². The molecule has 0 radical (unpaired) electrons. The summed E-state index contributed by atoms with van der Waals surface area (Å²) in [6, 6.07) is 0. The number of unbranched alkanes of at least 4 members (excludes halogenated alkanes) is 2. The van der Waals surface area contributed by atoms with Crippen LogP contribution < -0.4 is 5.73 Å². The second-order valence-electron chi connectivity index (χ2n) is 3.48. The molecule has 86 valence electrons. The van der Waals surface area contributed by atoms with Crippen molar-refractivity contribution in [2.75, 3.05) is 6.54 Å². The van der Waals surface area contributed by atoms with Crippen LogP contribution in [0.25, 0.3) is 11.5 Å². The molecule has 0 aliphatic heterocycles. The van der Waals surface area contributed by atoms with Crippen LogP contribution in [0.2, 0.25) is 0 Å². The molecule has 0 atom stereocenters. The van der Waals surface area contributed by atoms with E-state index < -0.39 is 0 Å². The molecule has 2 aromatic heterocycles. The first-order valence-corrected chi connectivity index (χ1v) is 6.25. The zero-order valence-electron chi connectivity index (χ0n) is 8.93. The van der Waals surface area contributed by atoms with Crippen LogP contribution in [0.4, 0.5) is 0 Å². The van der Waals surface area contributed by atoms with E-state index >= 15 is 0 Å². The largest absolute Gasteiger partial charge is 0.339 e. The lowest BCUT2D eigenvalue weighted by Crippen LogP contribution is -1.98. The molecule has 0 bridgehead atoms. The summed E-state index contributed by atoms with van der Waals surface area (Å²) in [5, 5.41) is 5.80. The number of rotatable bonds is 6. The summed E-state index contributed by atoms with van der Waals surface area (Å²) in [4.78, 5) is 8.41. The molecular formula is C10H14N4OS. The van der Waals surface area contributed by atoms with Gasteiger partial charge in [0, 0.05) is 11.8 Å². The molecule has 2 rings (SSSR count). The van der Waals surface area contributed by atoms with Crippen LogP contribution in [0.1, 0.15) is 25.2 Å². The Balaban J connectivity index is 1.88. The first-order chi connectivity index (χ1) is 7.90. The molecule has 0 saturated heterocycles. The van der Waals surface area contributed by atoms with Crippen molar-refractivity contribution in [2.24, 2.45) is 5.73 Å². The Kier molecular flexibility index (Phi) is 4.01. The highest BCUT2D eigenvalue weighted by Gasteiger charge is 2.09. The zero-order chi connectivity index (χ0) is 11.2. The molecule has 0 fully saturated rings. The highest BCUT2D eigenvalue weighted by molar-refractivity contribution is 7.07. The van der Waals surface area contributed by atoms with Crippen molar-refractivity contribution >= 4 is 11.3 Å². The number of nitrogens with zero attached hydrogens (tertiary/aromatic N) is 3. The van der Waals surface area contributed by atoms with Crippen LogP contribution in [0.3, 0.4) is 0 Å². The van der Waals surface area contributed by atoms with Gasteiger partial charge in [-0.25, -0.2) is 4.98 Å². The zero-order valence-corrected chi connectivity index (χ0v) is 9.74. The molecule has 2 heterocycles. The number of hydrogen-bond donors (Lipinski definition) is 1. The molecule has 0 saturated carbocycles. The third-order valence-corrected chi connectivity index (χ3v) is 2.81. The van der Waals surface area contributed by atoms with Crippen LogP contribution in [0.5, 0.6) is 0 Å². The topological polar surface area (TPSA) is 77.8 Å². The van der Waals surface area contributed by atoms with Crippen molar-refractivity contribution in [1.29, 1.82) is 0 Å². The Bertz CT molecular complexity index is 412. The molecule has 0 aliphatic rings. The lowest BCUT2D eigenvalue weighted by atomic mass is 10.2. The molecule has 0 amide bonds. The van der Waals surface area contributed by atoms with E-state index in [1.807, 2.05) is 5.38 Å². The van der Waals surface area contributed by atoms with Gasteiger partial charge in [-0.3, -0.25) is 0 Å². The summed E-state index contributed by atoms with van der Waals surface area (Å²) in [6.45, 7) is 0.744. The normalized spacial score (nSPS) is 10.8. The smallest absolute Gasteiger partial charge is 0.227 e. The minimum atomic E-state index is 0.579. The van der Waals surface area contributed by atoms with Gasteiger partial charge in [-0.15, -0.1) is 11.3 Å². The Morgan fingerprint density at radius 1 is 1.31 bits per heavy atom. The molecule has 6 heteroatoms. The summed E-state index contributed by atoms with van der Waals surface area (Å²) in [7, 11) is 0. The monoisotopic (exact) mass is 238 g/mol. The minimum Gasteiger partial charge on any atom is -0.339 e. The van der Waals surface area contributed by atoms with Gasteiger partial charge in [0.2, 0.25) is 11.7 Å². The van der Waals surface area contributed by atoms with Gasteiger partial charge in [0.25, 0.3) is 0 Å². The predicted molar refractivity (Wildman–Crippen MR) is 62.0 cm³/mol. The highest BCUT2D eigenvalue weighted by atomic mass is 32.1. The van der Waals surface area contributed by atoms with Gasteiger partial charge in [-0.1, -0.05) is 11.6 Å². The second kappa shape index (κ2) is 5.72. The van der Waals surface area contributed by atoms with Crippen LogP contribution in [-0.4, -0.2) is 21.7 Å². The van der Waals surface area contributed by atoms with Crippen molar-refractivity contribution in [3.63, 3.8) is 0 Å². The Morgan fingerprint density at radius 3 is 3.00 bits per heavy atom. The minimum absolute atomic E-state index is 0.579. The van der Waals surface area contributed by atoms with Crippen LogP contribution in [-0.2, 0) is 6.42 Å². The van der Waals surface area contributed by atoms with E-state index in [1.54, 1.807) is 5.51 Å². The summed E-state index contributed by atoms with van der Waals surface area (Å²) in [6.07, 6.45) is 4.00. The van der Waals surface area contributed by atoms with Crippen molar-refractivity contribution in [3.05, 3.63) is 16.8 Å². The van der Waals surface area contributed by atoms with Gasteiger partial charge in [0.05, 0.1) is 5.51 Å². The first kappa shape index (κ1) is 11.2. The van der Waals surface area contributed by atoms with E-state index in [0.717, 1.165) is 37.9 Å². The number of thiazole rings is 1. The standard InChI is InChI=1S/C10H14N4OS/c11-5-3-1-2-4-9-13-10(14-15-9)8-6-16-7-12-8/h6-7H,1-5,11H2. The maximum Gasteiger partial charge on any atom is 0.227 e. The molecular weight excluding hydrogens is 224 g/mol. The fraction of sp³-hybridized carbons (Fsp3) is 0.500. The fourth-order valence-electron chi connectivity index (χ4n) is 1.38. The molecule has 0 unspecified atom stereocenters.